The number of hydrogen-bond acceptors (Lipinski definition) is 3. The van der Waals surface area contributed by atoms with E-state index in [-0.39, 0.29) is 5.97 Å². The molecule has 0 radical (unpaired) electrons. The molecule has 1 heterocycles. The number of nitrogens with zero attached hydrogens (tertiary/aromatic N) is 1. The number of esters is 1. The molecule has 0 fully saturated rings. The molecule has 0 unspecified atom stereocenters. The Morgan fingerprint density at radius 1 is 1.18 bits per heavy atom. The molecule has 2 aromatic rings. The first-order chi connectivity index (χ1) is 7.97. The van der Waals surface area contributed by atoms with Gasteiger partial charge in [-0.1, -0.05) is 24.3 Å². The Morgan fingerprint density at radius 2 is 1.88 bits per heavy atom. The van der Waals surface area contributed by atoms with Crippen LogP contribution < -0.4 is 0 Å². The molecule has 1 aromatic carbocycles. The number of carbonyl (C=O) groups excluding carboxylic acids is 1. The van der Waals surface area contributed by atoms with Crippen LogP contribution in [-0.4, -0.2) is 16.6 Å². The normalized spacial score (nSPS) is 11.5. The van der Waals surface area contributed by atoms with Gasteiger partial charge in [-0.25, -0.2) is 4.79 Å². The minimum Gasteiger partial charge on any atom is -0.456 e. The number of hydrogen-bond donors (Lipinski definition) is 0. The van der Waals surface area contributed by atoms with Crippen LogP contribution >= 0.6 is 0 Å². The first-order valence-corrected chi connectivity index (χ1v) is 5.53. The molecule has 0 aliphatic rings. The van der Waals surface area contributed by atoms with Crippen LogP contribution in [0.25, 0.3) is 10.8 Å². The molecule has 17 heavy (non-hydrogen) atoms. The number of aromatic nitrogens is 1. The average molecular weight is 229 g/mol. The summed E-state index contributed by atoms with van der Waals surface area (Å²) in [5.74, 6) is -0.332. The van der Waals surface area contributed by atoms with Crippen LogP contribution in [0.1, 0.15) is 31.1 Å². The number of fused-ring (bicyclic) bond motifs is 1. The zero-order valence-corrected chi connectivity index (χ0v) is 10.2. The lowest BCUT2D eigenvalue weighted by atomic mass is 10.1. The molecule has 1 aromatic heterocycles. The Labute approximate surface area is 100 Å². The summed E-state index contributed by atoms with van der Waals surface area (Å²) in [7, 11) is 0. The Bertz CT molecular complexity index is 550. The van der Waals surface area contributed by atoms with Crippen LogP contribution in [0.2, 0.25) is 0 Å². The highest BCUT2D eigenvalue weighted by Crippen LogP contribution is 2.20. The summed E-state index contributed by atoms with van der Waals surface area (Å²) in [5, 5.41) is 1.81. The molecule has 0 saturated carbocycles. The molecule has 0 aliphatic heterocycles. The van der Waals surface area contributed by atoms with Crippen molar-refractivity contribution in [3.63, 3.8) is 0 Å². The molecule has 2 rings (SSSR count). The zero-order valence-electron chi connectivity index (χ0n) is 10.2. The van der Waals surface area contributed by atoms with Crippen LogP contribution in [0.4, 0.5) is 0 Å². The van der Waals surface area contributed by atoms with Gasteiger partial charge in [-0.2, -0.15) is 0 Å². The lowest BCUT2D eigenvalue weighted by Crippen LogP contribution is -2.24. The van der Waals surface area contributed by atoms with Gasteiger partial charge in [-0.05, 0) is 26.2 Å². The monoisotopic (exact) mass is 229 g/mol. The SMILES string of the molecule is CC(C)(C)OC(=O)c1cncc2ccccc12. The Morgan fingerprint density at radius 3 is 2.59 bits per heavy atom. The molecule has 3 heteroatoms. The summed E-state index contributed by atoms with van der Waals surface area (Å²) in [4.78, 5) is 16.1. The average Bonchev–Trinajstić information content (AvgIpc) is 2.26. The first kappa shape index (κ1) is 11.6. The van der Waals surface area contributed by atoms with E-state index < -0.39 is 5.60 Å². The van der Waals surface area contributed by atoms with E-state index >= 15 is 0 Å². The summed E-state index contributed by atoms with van der Waals surface area (Å²) in [6, 6.07) is 7.64. The Kier molecular flexibility index (Phi) is 2.84. The minimum atomic E-state index is -0.492. The second-order valence-electron chi connectivity index (χ2n) is 4.91. The molecule has 0 saturated heterocycles. The van der Waals surface area contributed by atoms with Crippen LogP contribution in [0.15, 0.2) is 36.7 Å². The molecule has 0 atom stereocenters. The molecule has 88 valence electrons. The van der Waals surface area contributed by atoms with Crippen LogP contribution in [-0.2, 0) is 4.74 Å². The van der Waals surface area contributed by atoms with E-state index in [4.69, 9.17) is 4.74 Å². The van der Waals surface area contributed by atoms with Crippen molar-refractivity contribution in [1.29, 1.82) is 0 Å². The van der Waals surface area contributed by atoms with Gasteiger partial charge < -0.3 is 4.74 Å². The fourth-order valence-electron chi connectivity index (χ4n) is 1.61. The highest BCUT2D eigenvalue weighted by molar-refractivity contribution is 6.03. The number of benzene rings is 1. The first-order valence-electron chi connectivity index (χ1n) is 5.53. The van der Waals surface area contributed by atoms with Crippen molar-refractivity contribution in [2.24, 2.45) is 0 Å². The van der Waals surface area contributed by atoms with Crippen molar-refractivity contribution in [1.82, 2.24) is 4.98 Å². The van der Waals surface area contributed by atoms with Crippen molar-refractivity contribution in [3.05, 3.63) is 42.2 Å². The highest BCUT2D eigenvalue weighted by atomic mass is 16.6. The van der Waals surface area contributed by atoms with Crippen molar-refractivity contribution in [2.75, 3.05) is 0 Å². The number of carbonyl (C=O) groups is 1. The summed E-state index contributed by atoms with van der Waals surface area (Å²) in [5.41, 5.74) is 0.0200. The topological polar surface area (TPSA) is 39.2 Å². The molecule has 0 spiro atoms. The van der Waals surface area contributed by atoms with Crippen LogP contribution in [0, 0.1) is 0 Å². The van der Waals surface area contributed by atoms with Gasteiger partial charge in [0.05, 0.1) is 5.56 Å². The highest BCUT2D eigenvalue weighted by Gasteiger charge is 2.19. The number of rotatable bonds is 1. The summed E-state index contributed by atoms with van der Waals surface area (Å²) >= 11 is 0. The van der Waals surface area contributed by atoms with E-state index in [1.165, 1.54) is 0 Å². The smallest absolute Gasteiger partial charge is 0.340 e. The Hall–Kier alpha value is -1.90. The quantitative estimate of drug-likeness (QED) is 0.705. The predicted molar refractivity (Wildman–Crippen MR) is 66.9 cm³/mol. The molecular weight excluding hydrogens is 214 g/mol. The largest absolute Gasteiger partial charge is 0.456 e. The summed E-state index contributed by atoms with van der Waals surface area (Å²) < 4.78 is 5.35. The summed E-state index contributed by atoms with van der Waals surface area (Å²) in [6.07, 6.45) is 3.29. The molecular formula is C14H15NO2. The number of ether oxygens (including phenoxy) is 1. The maximum absolute atomic E-state index is 12.0. The van der Waals surface area contributed by atoms with E-state index in [0.29, 0.717) is 5.56 Å². The van der Waals surface area contributed by atoms with Crippen molar-refractivity contribution in [3.8, 4) is 0 Å². The molecule has 0 bridgehead atoms. The lowest BCUT2D eigenvalue weighted by Gasteiger charge is -2.19. The fourth-order valence-corrected chi connectivity index (χ4v) is 1.61. The lowest BCUT2D eigenvalue weighted by molar-refractivity contribution is 0.00715. The molecule has 3 nitrogen and oxygen atoms in total. The number of pyridine rings is 1. The van der Waals surface area contributed by atoms with E-state index in [2.05, 4.69) is 4.98 Å². The van der Waals surface area contributed by atoms with Gasteiger partial charge in [-0.15, -0.1) is 0 Å². The van der Waals surface area contributed by atoms with E-state index in [1.54, 1.807) is 12.4 Å². The van der Waals surface area contributed by atoms with Gasteiger partial charge in [0.1, 0.15) is 5.60 Å². The third-order valence-corrected chi connectivity index (χ3v) is 2.29. The second kappa shape index (κ2) is 4.17. The van der Waals surface area contributed by atoms with Crippen LogP contribution in [0.5, 0.6) is 0 Å². The van der Waals surface area contributed by atoms with Gasteiger partial charge in [0.15, 0.2) is 0 Å². The third kappa shape index (κ3) is 2.61. The van der Waals surface area contributed by atoms with Gasteiger partial charge in [0.2, 0.25) is 0 Å². The minimum absolute atomic E-state index is 0.332. The van der Waals surface area contributed by atoms with Gasteiger partial charge in [-0.3, -0.25) is 4.98 Å². The maximum Gasteiger partial charge on any atom is 0.340 e. The van der Waals surface area contributed by atoms with Crippen LogP contribution in [0.3, 0.4) is 0 Å². The van der Waals surface area contributed by atoms with Crippen molar-refractivity contribution >= 4 is 16.7 Å². The maximum atomic E-state index is 12.0. The predicted octanol–water partition coefficient (Wildman–Crippen LogP) is 3.19. The van der Waals surface area contributed by atoms with E-state index in [1.807, 2.05) is 45.0 Å². The molecule has 0 amide bonds. The molecule has 0 aliphatic carbocycles. The van der Waals surface area contributed by atoms with E-state index in [9.17, 15) is 4.79 Å². The van der Waals surface area contributed by atoms with Crippen molar-refractivity contribution < 1.29 is 9.53 Å². The fraction of sp³-hybridized carbons (Fsp3) is 0.286. The molecule has 0 N–H and O–H groups in total. The van der Waals surface area contributed by atoms with Crippen molar-refractivity contribution in [2.45, 2.75) is 26.4 Å². The second-order valence-corrected chi connectivity index (χ2v) is 4.91. The zero-order chi connectivity index (χ0) is 12.5. The third-order valence-electron chi connectivity index (χ3n) is 2.29. The van der Waals surface area contributed by atoms with Gasteiger partial charge in [0, 0.05) is 17.8 Å². The van der Waals surface area contributed by atoms with Gasteiger partial charge >= 0.3 is 5.97 Å². The van der Waals surface area contributed by atoms with E-state index in [0.717, 1.165) is 10.8 Å². The standard InChI is InChI=1S/C14H15NO2/c1-14(2,3)17-13(16)12-9-15-8-10-6-4-5-7-11(10)12/h4-9H,1-3H3. The Balaban J connectivity index is 2.45. The summed E-state index contributed by atoms with van der Waals surface area (Å²) in [6.45, 7) is 5.55. The van der Waals surface area contributed by atoms with Gasteiger partial charge in [0.25, 0.3) is 0 Å².